The summed E-state index contributed by atoms with van der Waals surface area (Å²) in [5, 5.41) is 9.05. The first-order chi connectivity index (χ1) is 8.02. The van der Waals surface area contributed by atoms with Gasteiger partial charge in [-0.2, -0.15) is 0 Å². The maximum Gasteiger partial charge on any atom is 0.336 e. The van der Waals surface area contributed by atoms with Crippen molar-refractivity contribution in [2.75, 3.05) is 18.1 Å². The Bertz CT molecular complexity index is 496. The van der Waals surface area contributed by atoms with Gasteiger partial charge in [-0.05, 0) is 24.6 Å². The molecule has 1 heterocycles. The van der Waals surface area contributed by atoms with Crippen molar-refractivity contribution in [3.8, 4) is 5.75 Å². The van der Waals surface area contributed by atoms with Crippen LogP contribution in [0.15, 0.2) is 12.1 Å². The summed E-state index contributed by atoms with van der Waals surface area (Å²) in [7, 11) is 0. The Morgan fingerprint density at radius 3 is 2.71 bits per heavy atom. The summed E-state index contributed by atoms with van der Waals surface area (Å²) >= 11 is 0. The molecule has 1 amide bonds. The van der Waals surface area contributed by atoms with Crippen molar-refractivity contribution in [2.45, 2.75) is 13.8 Å². The maximum atomic E-state index is 11.5. The number of anilines is 1. The molecule has 1 N–H and O–H groups in total. The number of fused-ring (bicyclic) bond motifs is 1. The fraction of sp³-hybridized carbons (Fsp3) is 0.333. The van der Waals surface area contributed by atoms with Crippen molar-refractivity contribution in [3.63, 3.8) is 0 Å². The molecule has 5 heteroatoms. The van der Waals surface area contributed by atoms with E-state index >= 15 is 0 Å². The van der Waals surface area contributed by atoms with Crippen LogP contribution in [-0.4, -0.2) is 30.1 Å². The average Bonchev–Trinajstić information content (AvgIpc) is 2.28. The standard InChI is InChI=1S/C12H13NO4/c1-7-9(12(15)16)3-4-10-11(7)13(8(2)14)5-6-17-10/h3-4H,5-6H2,1-2H3,(H,15,16). The van der Waals surface area contributed by atoms with Gasteiger partial charge in [-0.3, -0.25) is 4.79 Å². The predicted octanol–water partition coefficient (Wildman–Crippen LogP) is 1.44. The zero-order valence-electron chi connectivity index (χ0n) is 9.69. The van der Waals surface area contributed by atoms with E-state index in [9.17, 15) is 9.59 Å². The lowest BCUT2D eigenvalue weighted by molar-refractivity contribution is -0.116. The van der Waals surface area contributed by atoms with Crippen LogP contribution in [0.4, 0.5) is 5.69 Å². The number of hydrogen-bond donors (Lipinski definition) is 1. The predicted molar refractivity (Wildman–Crippen MR) is 61.7 cm³/mol. The number of carbonyl (C=O) groups is 2. The zero-order chi connectivity index (χ0) is 12.6. The maximum absolute atomic E-state index is 11.5. The number of carboxylic acids is 1. The molecule has 17 heavy (non-hydrogen) atoms. The van der Waals surface area contributed by atoms with Crippen LogP contribution in [0.25, 0.3) is 0 Å². The highest BCUT2D eigenvalue weighted by Crippen LogP contribution is 2.36. The van der Waals surface area contributed by atoms with Crippen molar-refractivity contribution >= 4 is 17.6 Å². The van der Waals surface area contributed by atoms with Crippen LogP contribution in [0.2, 0.25) is 0 Å². The number of aromatic carboxylic acids is 1. The fourth-order valence-electron chi connectivity index (χ4n) is 2.03. The van der Waals surface area contributed by atoms with E-state index in [0.29, 0.717) is 30.2 Å². The minimum atomic E-state index is -1.00. The van der Waals surface area contributed by atoms with Gasteiger partial charge in [-0.15, -0.1) is 0 Å². The van der Waals surface area contributed by atoms with Crippen LogP contribution >= 0.6 is 0 Å². The van der Waals surface area contributed by atoms with E-state index < -0.39 is 5.97 Å². The van der Waals surface area contributed by atoms with Crippen LogP contribution in [0.5, 0.6) is 5.75 Å². The third-order valence-electron chi connectivity index (χ3n) is 2.85. The molecule has 0 saturated heterocycles. The number of benzene rings is 1. The molecule has 0 fully saturated rings. The monoisotopic (exact) mass is 235 g/mol. The number of carbonyl (C=O) groups excluding carboxylic acids is 1. The van der Waals surface area contributed by atoms with E-state index in [2.05, 4.69) is 0 Å². The Labute approximate surface area is 98.6 Å². The zero-order valence-corrected chi connectivity index (χ0v) is 9.69. The highest BCUT2D eigenvalue weighted by atomic mass is 16.5. The third kappa shape index (κ3) is 1.84. The van der Waals surface area contributed by atoms with Crippen LogP contribution in [0, 0.1) is 6.92 Å². The quantitative estimate of drug-likeness (QED) is 0.799. The van der Waals surface area contributed by atoms with Gasteiger partial charge >= 0.3 is 5.97 Å². The highest BCUT2D eigenvalue weighted by molar-refractivity contribution is 5.98. The van der Waals surface area contributed by atoms with E-state index in [1.54, 1.807) is 17.9 Å². The van der Waals surface area contributed by atoms with Crippen molar-refractivity contribution in [2.24, 2.45) is 0 Å². The lowest BCUT2D eigenvalue weighted by Gasteiger charge is -2.30. The lowest BCUT2D eigenvalue weighted by Crippen LogP contribution is -2.37. The van der Waals surface area contributed by atoms with Crippen molar-refractivity contribution in [3.05, 3.63) is 23.3 Å². The number of ether oxygens (including phenoxy) is 1. The van der Waals surface area contributed by atoms with Crippen LogP contribution in [0.3, 0.4) is 0 Å². The Kier molecular flexibility index (Phi) is 2.75. The molecule has 0 aliphatic carbocycles. The summed E-state index contributed by atoms with van der Waals surface area (Å²) in [5.74, 6) is -0.548. The van der Waals surface area contributed by atoms with Crippen molar-refractivity contribution < 1.29 is 19.4 Å². The summed E-state index contributed by atoms with van der Waals surface area (Å²) in [6.07, 6.45) is 0. The van der Waals surface area contributed by atoms with E-state index in [-0.39, 0.29) is 11.5 Å². The summed E-state index contributed by atoms with van der Waals surface area (Å²) < 4.78 is 5.43. The summed E-state index contributed by atoms with van der Waals surface area (Å²) in [4.78, 5) is 24.1. The fourth-order valence-corrected chi connectivity index (χ4v) is 2.03. The Morgan fingerprint density at radius 2 is 2.12 bits per heavy atom. The SMILES string of the molecule is CC(=O)N1CCOc2ccc(C(=O)O)c(C)c21. The summed E-state index contributed by atoms with van der Waals surface area (Å²) in [5.41, 5.74) is 1.33. The van der Waals surface area contributed by atoms with Gasteiger partial charge in [0.25, 0.3) is 0 Å². The molecule has 1 aromatic rings. The van der Waals surface area contributed by atoms with E-state index in [0.717, 1.165) is 0 Å². The largest absolute Gasteiger partial charge is 0.490 e. The molecule has 0 saturated carbocycles. The second-order valence-corrected chi connectivity index (χ2v) is 3.91. The third-order valence-corrected chi connectivity index (χ3v) is 2.85. The number of carboxylic acid groups (broad SMARTS) is 1. The summed E-state index contributed by atoms with van der Waals surface area (Å²) in [6, 6.07) is 3.10. The lowest BCUT2D eigenvalue weighted by atomic mass is 10.0. The number of rotatable bonds is 1. The van der Waals surface area contributed by atoms with Gasteiger partial charge in [0.1, 0.15) is 12.4 Å². The first-order valence-corrected chi connectivity index (χ1v) is 5.30. The molecular formula is C12H13NO4. The molecule has 1 aliphatic rings. The smallest absolute Gasteiger partial charge is 0.336 e. The Balaban J connectivity index is 2.61. The summed E-state index contributed by atoms with van der Waals surface area (Å²) in [6.45, 7) is 4.03. The van der Waals surface area contributed by atoms with Gasteiger partial charge in [-0.25, -0.2) is 4.79 Å². The molecule has 1 aromatic carbocycles. The molecule has 2 rings (SSSR count). The van der Waals surface area contributed by atoms with E-state index in [1.807, 2.05) is 0 Å². The van der Waals surface area contributed by atoms with Gasteiger partial charge < -0.3 is 14.7 Å². The average molecular weight is 235 g/mol. The van der Waals surface area contributed by atoms with Crippen LogP contribution in [0.1, 0.15) is 22.8 Å². The molecule has 0 radical (unpaired) electrons. The van der Waals surface area contributed by atoms with Crippen molar-refractivity contribution in [1.29, 1.82) is 0 Å². The van der Waals surface area contributed by atoms with Crippen LogP contribution < -0.4 is 9.64 Å². The van der Waals surface area contributed by atoms with Gasteiger partial charge in [-0.1, -0.05) is 0 Å². The van der Waals surface area contributed by atoms with Gasteiger partial charge in [0.2, 0.25) is 5.91 Å². The normalized spacial score (nSPS) is 13.9. The molecule has 0 unspecified atom stereocenters. The first kappa shape index (κ1) is 11.4. The van der Waals surface area contributed by atoms with E-state index in [1.165, 1.54) is 13.0 Å². The minimum Gasteiger partial charge on any atom is -0.490 e. The Morgan fingerprint density at radius 1 is 1.41 bits per heavy atom. The van der Waals surface area contributed by atoms with Crippen LogP contribution in [-0.2, 0) is 4.79 Å². The van der Waals surface area contributed by atoms with Gasteiger partial charge in [0.05, 0.1) is 17.8 Å². The topological polar surface area (TPSA) is 66.8 Å². The number of hydrogen-bond acceptors (Lipinski definition) is 3. The van der Waals surface area contributed by atoms with Gasteiger partial charge in [0, 0.05) is 6.92 Å². The molecular weight excluding hydrogens is 222 g/mol. The van der Waals surface area contributed by atoms with Gasteiger partial charge in [0.15, 0.2) is 0 Å². The molecule has 0 bridgehead atoms. The molecule has 0 aromatic heterocycles. The Hall–Kier alpha value is -2.04. The van der Waals surface area contributed by atoms with E-state index in [4.69, 9.17) is 9.84 Å². The van der Waals surface area contributed by atoms with Crippen molar-refractivity contribution in [1.82, 2.24) is 0 Å². The molecule has 90 valence electrons. The second kappa shape index (κ2) is 4.08. The molecule has 5 nitrogen and oxygen atoms in total. The first-order valence-electron chi connectivity index (χ1n) is 5.30. The highest BCUT2D eigenvalue weighted by Gasteiger charge is 2.25. The number of nitrogens with zero attached hydrogens (tertiary/aromatic N) is 1. The molecule has 1 aliphatic heterocycles. The molecule has 0 atom stereocenters. The number of amides is 1. The minimum absolute atomic E-state index is 0.111. The second-order valence-electron chi connectivity index (χ2n) is 3.91. The molecule has 0 spiro atoms.